The third-order valence-corrected chi connectivity index (χ3v) is 5.68. The molecule has 0 saturated carbocycles. The summed E-state index contributed by atoms with van der Waals surface area (Å²) in [7, 11) is 0. The average molecular weight is 440 g/mol. The third kappa shape index (κ3) is 3.27. The highest BCUT2D eigenvalue weighted by Gasteiger charge is 2.40. The molecule has 0 spiro atoms. The minimum Gasteiger partial charge on any atom is -0.446 e. The first-order chi connectivity index (χ1) is 15.5. The Labute approximate surface area is 182 Å². The van der Waals surface area contributed by atoms with Gasteiger partial charge in [0.25, 0.3) is 0 Å². The van der Waals surface area contributed by atoms with Gasteiger partial charge < -0.3 is 18.9 Å². The number of nitrogens with zero attached hydrogens (tertiary/aromatic N) is 4. The highest BCUT2D eigenvalue weighted by Crippen LogP contribution is 2.40. The molecule has 1 amide bonds. The Morgan fingerprint density at radius 2 is 2.00 bits per heavy atom. The van der Waals surface area contributed by atoms with E-state index in [-0.39, 0.29) is 46.9 Å². The highest BCUT2D eigenvalue weighted by molar-refractivity contribution is 6.03. The maximum Gasteiger partial charge on any atom is 0.416 e. The molecule has 0 N–H and O–H groups in total. The van der Waals surface area contributed by atoms with Crippen molar-refractivity contribution in [2.24, 2.45) is 0 Å². The lowest BCUT2D eigenvalue weighted by Crippen LogP contribution is -2.46. The van der Waals surface area contributed by atoms with Crippen LogP contribution >= 0.6 is 0 Å². The predicted octanol–water partition coefficient (Wildman–Crippen LogP) is 3.49. The van der Waals surface area contributed by atoms with Crippen molar-refractivity contribution in [3.05, 3.63) is 47.5 Å². The van der Waals surface area contributed by atoms with E-state index in [0.717, 1.165) is 0 Å². The Morgan fingerprint density at radius 3 is 2.69 bits per heavy atom. The van der Waals surface area contributed by atoms with E-state index in [1.54, 1.807) is 29.3 Å². The Balaban J connectivity index is 1.62. The molecule has 166 valence electrons. The number of carbonyl (C=O) groups excluding carboxylic acids is 2. The third-order valence-electron chi connectivity index (χ3n) is 5.68. The van der Waals surface area contributed by atoms with Crippen LogP contribution in [0.5, 0.6) is 0 Å². The molecule has 2 aliphatic heterocycles. The van der Waals surface area contributed by atoms with Gasteiger partial charge >= 0.3 is 6.09 Å². The van der Waals surface area contributed by atoms with E-state index in [1.807, 2.05) is 13.8 Å². The first-order valence-corrected chi connectivity index (χ1v) is 10.3. The van der Waals surface area contributed by atoms with Crippen LogP contribution in [-0.4, -0.2) is 54.4 Å². The topological polar surface area (TPSA) is 98.0 Å². The van der Waals surface area contributed by atoms with Crippen LogP contribution < -0.4 is 9.80 Å². The van der Waals surface area contributed by atoms with E-state index in [2.05, 4.69) is 10.1 Å². The number of hydrogen-bond donors (Lipinski definition) is 0. The Morgan fingerprint density at radius 1 is 1.22 bits per heavy atom. The molecule has 1 unspecified atom stereocenters. The van der Waals surface area contributed by atoms with E-state index in [0.29, 0.717) is 25.1 Å². The normalized spacial score (nSPS) is 23.6. The fourth-order valence-corrected chi connectivity index (χ4v) is 4.43. The number of fused-ring (bicyclic) bond motifs is 1. The largest absolute Gasteiger partial charge is 0.446 e. The van der Waals surface area contributed by atoms with E-state index >= 15 is 4.39 Å². The average Bonchev–Trinajstić information content (AvgIpc) is 3.36. The van der Waals surface area contributed by atoms with Gasteiger partial charge in [-0.15, -0.1) is 0 Å². The number of carbonyl (C=O) groups is 2. The SMILES string of the molecule is C[C@@H]1CN(c2c(C=O)cc3c(N4C(=O)OCC4c4ccccn4)noc3c2F)C[C@@H](C)O1. The molecule has 5 rings (SSSR count). The molecule has 9 nitrogen and oxygen atoms in total. The zero-order valence-electron chi connectivity index (χ0n) is 17.5. The molecule has 2 aliphatic rings. The number of pyridine rings is 1. The van der Waals surface area contributed by atoms with E-state index in [4.69, 9.17) is 14.0 Å². The number of amides is 1. The van der Waals surface area contributed by atoms with Gasteiger partial charge in [-0.3, -0.25) is 9.78 Å². The van der Waals surface area contributed by atoms with E-state index in [9.17, 15) is 9.59 Å². The molecule has 1 aromatic carbocycles. The lowest BCUT2D eigenvalue weighted by molar-refractivity contribution is -0.00543. The Hall–Kier alpha value is -3.53. The number of aldehydes is 1. The highest BCUT2D eigenvalue weighted by atomic mass is 19.1. The fraction of sp³-hybridized carbons (Fsp3) is 0.364. The number of aromatic nitrogens is 2. The van der Waals surface area contributed by atoms with Gasteiger partial charge in [0.05, 0.1) is 29.0 Å². The predicted molar refractivity (Wildman–Crippen MR) is 112 cm³/mol. The van der Waals surface area contributed by atoms with Gasteiger partial charge in [0.1, 0.15) is 12.6 Å². The Bertz CT molecular complexity index is 1170. The van der Waals surface area contributed by atoms with Gasteiger partial charge in [-0.05, 0) is 32.0 Å². The van der Waals surface area contributed by atoms with Gasteiger partial charge in [-0.2, -0.15) is 0 Å². The van der Waals surface area contributed by atoms with Crippen LogP contribution in [-0.2, 0) is 9.47 Å². The second kappa shape index (κ2) is 7.86. The van der Waals surface area contributed by atoms with Crippen molar-refractivity contribution in [2.75, 3.05) is 29.5 Å². The molecule has 10 heteroatoms. The molecule has 2 aromatic heterocycles. The van der Waals surface area contributed by atoms with Crippen molar-refractivity contribution in [3.8, 4) is 0 Å². The number of rotatable bonds is 4. The van der Waals surface area contributed by atoms with Crippen LogP contribution in [0.1, 0.15) is 35.9 Å². The lowest BCUT2D eigenvalue weighted by Gasteiger charge is -2.37. The summed E-state index contributed by atoms with van der Waals surface area (Å²) in [6.07, 6.45) is 1.30. The van der Waals surface area contributed by atoms with Crippen molar-refractivity contribution in [1.82, 2.24) is 10.1 Å². The maximum atomic E-state index is 15.7. The number of hydrogen-bond acceptors (Lipinski definition) is 8. The second-order valence-electron chi connectivity index (χ2n) is 8.01. The molecule has 0 bridgehead atoms. The van der Waals surface area contributed by atoms with Crippen LogP contribution in [0.3, 0.4) is 0 Å². The second-order valence-corrected chi connectivity index (χ2v) is 8.01. The molecule has 32 heavy (non-hydrogen) atoms. The van der Waals surface area contributed by atoms with Gasteiger partial charge in [-0.25, -0.2) is 14.1 Å². The van der Waals surface area contributed by atoms with Crippen molar-refractivity contribution in [1.29, 1.82) is 0 Å². The van der Waals surface area contributed by atoms with E-state index < -0.39 is 18.0 Å². The molecule has 0 radical (unpaired) electrons. The number of ether oxygens (including phenoxy) is 2. The summed E-state index contributed by atoms with van der Waals surface area (Å²) in [5.41, 5.74) is 0.746. The number of morpholine rings is 1. The molecular weight excluding hydrogens is 419 g/mol. The zero-order valence-corrected chi connectivity index (χ0v) is 17.5. The molecule has 3 atom stereocenters. The van der Waals surface area contributed by atoms with Crippen molar-refractivity contribution in [3.63, 3.8) is 0 Å². The summed E-state index contributed by atoms with van der Waals surface area (Å²) in [6, 6.07) is 6.26. The summed E-state index contributed by atoms with van der Waals surface area (Å²) in [5, 5.41) is 4.19. The maximum absolute atomic E-state index is 15.7. The summed E-state index contributed by atoms with van der Waals surface area (Å²) < 4.78 is 31.9. The van der Waals surface area contributed by atoms with Crippen LogP contribution in [0.4, 0.5) is 20.7 Å². The Kier molecular flexibility index (Phi) is 5.01. The number of halogens is 1. The van der Waals surface area contributed by atoms with Gasteiger partial charge in [0, 0.05) is 24.8 Å². The summed E-state index contributed by atoms with van der Waals surface area (Å²) in [4.78, 5) is 31.8. The summed E-state index contributed by atoms with van der Waals surface area (Å²) in [5.74, 6) is -0.623. The first-order valence-electron chi connectivity index (χ1n) is 10.3. The van der Waals surface area contributed by atoms with Gasteiger partial charge in [0.2, 0.25) is 5.58 Å². The minimum absolute atomic E-state index is 0.0643. The molecule has 4 heterocycles. The summed E-state index contributed by atoms with van der Waals surface area (Å²) in [6.45, 7) is 4.70. The fourth-order valence-electron chi connectivity index (χ4n) is 4.43. The van der Waals surface area contributed by atoms with Crippen molar-refractivity contribution < 1.29 is 28.0 Å². The molecule has 2 saturated heterocycles. The number of benzene rings is 1. The lowest BCUT2D eigenvalue weighted by atomic mass is 10.1. The van der Waals surface area contributed by atoms with Crippen molar-refractivity contribution >= 4 is 34.9 Å². The van der Waals surface area contributed by atoms with Crippen LogP contribution in [0, 0.1) is 5.82 Å². The summed E-state index contributed by atoms with van der Waals surface area (Å²) >= 11 is 0. The first kappa shape index (κ1) is 20.4. The van der Waals surface area contributed by atoms with Crippen LogP contribution in [0.25, 0.3) is 11.0 Å². The van der Waals surface area contributed by atoms with Crippen LogP contribution in [0.2, 0.25) is 0 Å². The molecular formula is C22H21FN4O5. The number of cyclic esters (lactones) is 1. The number of anilines is 2. The van der Waals surface area contributed by atoms with E-state index in [1.165, 1.54) is 11.0 Å². The minimum atomic E-state index is -0.702. The molecule has 3 aromatic rings. The van der Waals surface area contributed by atoms with Gasteiger partial charge in [-0.1, -0.05) is 11.2 Å². The van der Waals surface area contributed by atoms with Crippen molar-refractivity contribution in [2.45, 2.75) is 32.1 Å². The zero-order chi connectivity index (χ0) is 22.4. The van der Waals surface area contributed by atoms with Crippen LogP contribution in [0.15, 0.2) is 35.0 Å². The molecule has 2 fully saturated rings. The molecule has 0 aliphatic carbocycles. The quantitative estimate of drug-likeness (QED) is 0.569. The monoisotopic (exact) mass is 440 g/mol. The smallest absolute Gasteiger partial charge is 0.416 e. The van der Waals surface area contributed by atoms with Gasteiger partial charge in [0.15, 0.2) is 17.9 Å². The standard InChI is InChI=1S/C22H21FN4O5/c1-12-8-26(9-13(2)31-12)19-14(10-28)7-15-20(18(19)23)32-25-21(15)27-17(11-30-22(27)29)16-5-3-4-6-24-16/h3-7,10,12-13,17H,8-9,11H2,1-2H3/t12-,13-,17?/m1/s1.